The summed E-state index contributed by atoms with van der Waals surface area (Å²) < 4.78 is 0. The summed E-state index contributed by atoms with van der Waals surface area (Å²) in [6.07, 6.45) is 9.27. The molecule has 0 aromatic heterocycles. The fraction of sp³-hybridized carbons (Fsp3) is 0.440. The fourth-order valence-electron chi connectivity index (χ4n) is 6.26. The van der Waals surface area contributed by atoms with E-state index in [1.54, 1.807) is 0 Å². The Morgan fingerprint density at radius 2 is 1.93 bits per heavy atom. The topological polar surface area (TPSA) is 73.4 Å². The molecule has 3 heterocycles. The summed E-state index contributed by atoms with van der Waals surface area (Å²) in [5.41, 5.74) is 11.2. The van der Waals surface area contributed by atoms with Crippen LogP contribution < -0.4 is 10.6 Å². The molecule has 152 valence electrons. The Kier molecular flexibility index (Phi) is 3.86. The minimum atomic E-state index is -0.376. The van der Waals surface area contributed by atoms with Crippen LogP contribution in [0.2, 0.25) is 0 Å². The maximum absolute atomic E-state index is 11.8. The number of hydrogen-bond donors (Lipinski definition) is 1. The zero-order valence-electron chi connectivity index (χ0n) is 17.0. The SMILES string of the molecule is N#CN1C2CCC1C(C1Cc3cc(C(N)=O)ccc3N1c1cccc(C3CC3)c1)C2. The van der Waals surface area contributed by atoms with E-state index in [0.29, 0.717) is 35.5 Å². The highest BCUT2D eigenvalue weighted by molar-refractivity contribution is 5.94. The van der Waals surface area contributed by atoms with Crippen LogP contribution in [0.3, 0.4) is 0 Å². The number of nitriles is 1. The van der Waals surface area contributed by atoms with E-state index in [0.717, 1.165) is 25.7 Å². The van der Waals surface area contributed by atoms with Crippen molar-refractivity contribution < 1.29 is 4.79 Å². The molecule has 0 radical (unpaired) electrons. The number of hydrogen-bond acceptors (Lipinski definition) is 4. The lowest BCUT2D eigenvalue weighted by Gasteiger charge is -2.35. The van der Waals surface area contributed by atoms with Gasteiger partial charge in [0.2, 0.25) is 5.91 Å². The Hall–Kier alpha value is -3.00. The second kappa shape index (κ2) is 6.50. The van der Waals surface area contributed by atoms with Crippen molar-refractivity contribution in [1.82, 2.24) is 4.90 Å². The van der Waals surface area contributed by atoms with Gasteiger partial charge in [-0.05, 0) is 85.9 Å². The van der Waals surface area contributed by atoms with Crippen LogP contribution in [0.25, 0.3) is 0 Å². The summed E-state index contributed by atoms with van der Waals surface area (Å²) in [6.45, 7) is 0. The minimum absolute atomic E-state index is 0.309. The molecule has 2 saturated heterocycles. The third kappa shape index (κ3) is 2.63. The highest BCUT2D eigenvalue weighted by Crippen LogP contribution is 2.50. The Morgan fingerprint density at radius 3 is 2.67 bits per heavy atom. The monoisotopic (exact) mass is 398 g/mol. The first-order valence-electron chi connectivity index (χ1n) is 11.1. The first-order chi connectivity index (χ1) is 14.6. The molecule has 2 N–H and O–H groups in total. The summed E-state index contributed by atoms with van der Waals surface area (Å²) in [4.78, 5) is 16.3. The highest BCUT2D eigenvalue weighted by atomic mass is 16.1. The molecule has 3 aliphatic heterocycles. The average molecular weight is 399 g/mol. The normalized spacial score (nSPS) is 29.2. The van der Waals surface area contributed by atoms with Crippen LogP contribution in [0.1, 0.15) is 59.5 Å². The highest BCUT2D eigenvalue weighted by Gasteiger charge is 2.51. The van der Waals surface area contributed by atoms with Gasteiger partial charge in [-0.15, -0.1) is 0 Å². The molecule has 4 atom stereocenters. The minimum Gasteiger partial charge on any atom is -0.366 e. The number of carbonyl (C=O) groups is 1. The van der Waals surface area contributed by atoms with Crippen LogP contribution in [0, 0.1) is 17.4 Å². The molecule has 4 aliphatic rings. The van der Waals surface area contributed by atoms with Gasteiger partial charge < -0.3 is 15.5 Å². The number of carbonyl (C=O) groups excluding carboxylic acids is 1. The van der Waals surface area contributed by atoms with E-state index in [-0.39, 0.29) is 5.91 Å². The lowest BCUT2D eigenvalue weighted by Crippen LogP contribution is -2.41. The molecule has 6 rings (SSSR count). The quantitative estimate of drug-likeness (QED) is 0.788. The second-order valence-electron chi connectivity index (χ2n) is 9.42. The van der Waals surface area contributed by atoms with Crippen LogP contribution in [0.5, 0.6) is 0 Å². The van der Waals surface area contributed by atoms with Crippen molar-refractivity contribution in [2.45, 2.75) is 62.6 Å². The molecular formula is C25H26N4O. The molecule has 3 fully saturated rings. The molecule has 30 heavy (non-hydrogen) atoms. The van der Waals surface area contributed by atoms with Crippen LogP contribution in [0.15, 0.2) is 42.5 Å². The van der Waals surface area contributed by atoms with Crippen molar-refractivity contribution in [1.29, 1.82) is 5.26 Å². The van der Waals surface area contributed by atoms with Crippen molar-refractivity contribution in [2.75, 3.05) is 4.90 Å². The van der Waals surface area contributed by atoms with E-state index >= 15 is 0 Å². The first-order valence-corrected chi connectivity index (χ1v) is 11.1. The third-order valence-corrected chi connectivity index (χ3v) is 7.78. The predicted molar refractivity (Wildman–Crippen MR) is 115 cm³/mol. The lowest BCUT2D eigenvalue weighted by atomic mass is 9.82. The zero-order chi connectivity index (χ0) is 20.4. The number of benzene rings is 2. The summed E-state index contributed by atoms with van der Waals surface area (Å²) in [7, 11) is 0. The van der Waals surface area contributed by atoms with Crippen LogP contribution in [0.4, 0.5) is 11.4 Å². The zero-order valence-corrected chi connectivity index (χ0v) is 17.0. The number of rotatable bonds is 4. The number of fused-ring (bicyclic) bond motifs is 3. The molecule has 1 saturated carbocycles. The van der Waals surface area contributed by atoms with Gasteiger partial charge in [0, 0.05) is 41.0 Å². The molecule has 2 bridgehead atoms. The van der Waals surface area contributed by atoms with Gasteiger partial charge in [0.1, 0.15) is 0 Å². The van der Waals surface area contributed by atoms with Crippen LogP contribution >= 0.6 is 0 Å². The van der Waals surface area contributed by atoms with E-state index in [1.165, 1.54) is 35.3 Å². The third-order valence-electron chi connectivity index (χ3n) is 7.78. The van der Waals surface area contributed by atoms with Gasteiger partial charge in [0.05, 0.1) is 0 Å². The number of nitrogens with two attached hydrogens (primary N) is 1. The van der Waals surface area contributed by atoms with E-state index in [1.807, 2.05) is 12.1 Å². The molecule has 5 nitrogen and oxygen atoms in total. The summed E-state index contributed by atoms with van der Waals surface area (Å²) >= 11 is 0. The standard InChI is InChI=1S/C25H26N4O/c26-14-28-19-7-9-23(28)21(13-19)24-12-18-10-17(25(27)30)6-8-22(18)29(24)20-3-1-2-16(11-20)15-4-5-15/h1-3,6,8,10-11,15,19,21,23-24H,4-5,7,9,12-13H2,(H2,27,30). The van der Waals surface area contributed by atoms with Gasteiger partial charge in [-0.3, -0.25) is 4.79 Å². The number of anilines is 2. The lowest BCUT2D eigenvalue weighted by molar-refractivity contribution is 0.1000. The van der Waals surface area contributed by atoms with Gasteiger partial charge in [0.15, 0.2) is 6.19 Å². The number of nitrogens with zero attached hydrogens (tertiary/aromatic N) is 3. The molecule has 1 amide bonds. The van der Waals surface area contributed by atoms with Gasteiger partial charge in [0.25, 0.3) is 0 Å². The van der Waals surface area contributed by atoms with Crippen LogP contribution in [-0.4, -0.2) is 28.9 Å². The predicted octanol–water partition coefficient (Wildman–Crippen LogP) is 4.06. The maximum Gasteiger partial charge on any atom is 0.248 e. The Balaban J connectivity index is 1.43. The Morgan fingerprint density at radius 1 is 1.07 bits per heavy atom. The fourth-order valence-corrected chi connectivity index (χ4v) is 6.26. The van der Waals surface area contributed by atoms with E-state index in [2.05, 4.69) is 46.3 Å². The molecule has 2 aromatic carbocycles. The maximum atomic E-state index is 11.8. The largest absolute Gasteiger partial charge is 0.366 e. The Labute approximate surface area is 177 Å². The van der Waals surface area contributed by atoms with Gasteiger partial charge in [-0.25, -0.2) is 0 Å². The number of primary amides is 1. The van der Waals surface area contributed by atoms with E-state index in [4.69, 9.17) is 5.73 Å². The summed E-state index contributed by atoms with van der Waals surface area (Å²) in [6, 6.07) is 15.9. The average Bonchev–Trinajstić information content (AvgIpc) is 3.32. The number of amides is 1. The van der Waals surface area contributed by atoms with E-state index < -0.39 is 0 Å². The van der Waals surface area contributed by atoms with E-state index in [9.17, 15) is 10.1 Å². The van der Waals surface area contributed by atoms with Gasteiger partial charge >= 0.3 is 0 Å². The van der Waals surface area contributed by atoms with Gasteiger partial charge in [-0.2, -0.15) is 5.26 Å². The van der Waals surface area contributed by atoms with Crippen molar-refractivity contribution in [3.8, 4) is 6.19 Å². The smallest absolute Gasteiger partial charge is 0.248 e. The summed E-state index contributed by atoms with van der Waals surface area (Å²) in [5.74, 6) is 0.788. The molecule has 5 heteroatoms. The first kappa shape index (κ1) is 17.8. The van der Waals surface area contributed by atoms with Crippen molar-refractivity contribution in [3.05, 3.63) is 59.2 Å². The van der Waals surface area contributed by atoms with Crippen molar-refractivity contribution in [2.24, 2.45) is 11.7 Å². The molecule has 2 aromatic rings. The summed E-state index contributed by atoms with van der Waals surface area (Å²) in [5, 5.41) is 9.68. The van der Waals surface area contributed by atoms with Crippen LogP contribution in [-0.2, 0) is 6.42 Å². The van der Waals surface area contributed by atoms with Crippen molar-refractivity contribution in [3.63, 3.8) is 0 Å². The second-order valence-corrected chi connectivity index (χ2v) is 9.42. The molecule has 0 spiro atoms. The van der Waals surface area contributed by atoms with Gasteiger partial charge in [-0.1, -0.05) is 12.1 Å². The molecule has 4 unspecified atom stereocenters. The Bertz CT molecular complexity index is 1070. The molecule has 1 aliphatic carbocycles. The van der Waals surface area contributed by atoms with Crippen molar-refractivity contribution >= 4 is 17.3 Å². The molecular weight excluding hydrogens is 372 g/mol.